The van der Waals surface area contributed by atoms with Gasteiger partial charge in [0.2, 0.25) is 0 Å². The lowest BCUT2D eigenvalue weighted by atomic mass is 10.0. The Balaban J connectivity index is 2.27. The van der Waals surface area contributed by atoms with Gasteiger partial charge < -0.3 is 15.4 Å². The number of nitrogens with two attached hydrogens (primary N) is 1. The van der Waals surface area contributed by atoms with Crippen molar-refractivity contribution >= 4 is 5.97 Å². The van der Waals surface area contributed by atoms with E-state index in [1.165, 1.54) is 7.11 Å². The molecule has 4 nitrogen and oxygen atoms in total. The standard InChI is InChI=1S/C17H20N2O2/c1-4-15(19-11-12(2)5-10-16(19)18)13-6-8-14(9-7-13)17(20)21-3/h4-11,15-16H,1,18H2,2-3H3. The third-order valence-corrected chi connectivity index (χ3v) is 3.47. The van der Waals surface area contributed by atoms with Crippen LogP contribution in [0.2, 0.25) is 0 Å². The molecular weight excluding hydrogens is 264 g/mol. The highest BCUT2D eigenvalue weighted by molar-refractivity contribution is 5.89. The quantitative estimate of drug-likeness (QED) is 0.682. The van der Waals surface area contributed by atoms with Crippen LogP contribution in [0.25, 0.3) is 0 Å². The highest BCUT2D eigenvalue weighted by atomic mass is 16.5. The molecule has 2 rings (SSSR count). The van der Waals surface area contributed by atoms with Crippen LogP contribution in [0.4, 0.5) is 0 Å². The van der Waals surface area contributed by atoms with Crippen molar-refractivity contribution in [3.05, 3.63) is 72.0 Å². The number of benzene rings is 1. The second kappa shape index (κ2) is 6.41. The summed E-state index contributed by atoms with van der Waals surface area (Å²) < 4.78 is 4.70. The number of rotatable bonds is 4. The Morgan fingerprint density at radius 3 is 2.67 bits per heavy atom. The fourth-order valence-corrected chi connectivity index (χ4v) is 2.34. The molecule has 0 aliphatic carbocycles. The lowest BCUT2D eigenvalue weighted by Crippen LogP contribution is -2.40. The van der Waals surface area contributed by atoms with Crippen molar-refractivity contribution in [2.24, 2.45) is 5.73 Å². The van der Waals surface area contributed by atoms with E-state index in [2.05, 4.69) is 6.58 Å². The summed E-state index contributed by atoms with van der Waals surface area (Å²) in [6.07, 6.45) is 7.62. The minimum atomic E-state index is -0.343. The Labute approximate surface area is 125 Å². The second-order valence-corrected chi connectivity index (χ2v) is 4.96. The summed E-state index contributed by atoms with van der Waals surface area (Å²) in [6, 6.07) is 7.24. The molecule has 0 aromatic heterocycles. The van der Waals surface area contributed by atoms with Crippen LogP contribution in [0.5, 0.6) is 0 Å². The monoisotopic (exact) mass is 284 g/mol. The molecule has 1 aromatic carbocycles. The molecule has 0 saturated carbocycles. The van der Waals surface area contributed by atoms with Gasteiger partial charge in [0, 0.05) is 6.20 Å². The first kappa shape index (κ1) is 15.1. The van der Waals surface area contributed by atoms with Crippen molar-refractivity contribution in [3.63, 3.8) is 0 Å². The van der Waals surface area contributed by atoms with Crippen LogP contribution >= 0.6 is 0 Å². The van der Waals surface area contributed by atoms with Crippen molar-refractivity contribution < 1.29 is 9.53 Å². The zero-order valence-electron chi connectivity index (χ0n) is 12.3. The summed E-state index contributed by atoms with van der Waals surface area (Å²) in [5.41, 5.74) is 8.81. The first-order valence-corrected chi connectivity index (χ1v) is 6.77. The normalized spacial score (nSPS) is 18.9. The maximum absolute atomic E-state index is 11.5. The smallest absolute Gasteiger partial charge is 0.337 e. The molecule has 21 heavy (non-hydrogen) atoms. The number of nitrogens with zero attached hydrogens (tertiary/aromatic N) is 1. The molecule has 0 amide bonds. The molecule has 2 N–H and O–H groups in total. The van der Waals surface area contributed by atoms with E-state index in [1.54, 1.807) is 12.1 Å². The SMILES string of the molecule is C=CC(c1ccc(C(=O)OC)cc1)N1C=C(C)C=CC1N. The lowest BCUT2D eigenvalue weighted by molar-refractivity contribution is 0.0600. The fraction of sp³-hybridized carbons (Fsp3) is 0.235. The van der Waals surface area contributed by atoms with Crippen LogP contribution in [-0.4, -0.2) is 24.1 Å². The third kappa shape index (κ3) is 3.23. The van der Waals surface area contributed by atoms with Crippen LogP contribution in [0.3, 0.4) is 0 Å². The Bertz CT molecular complexity index is 587. The van der Waals surface area contributed by atoms with Gasteiger partial charge in [-0.15, -0.1) is 6.58 Å². The molecular formula is C17H20N2O2. The van der Waals surface area contributed by atoms with Crippen LogP contribution in [0.1, 0.15) is 28.9 Å². The number of carbonyl (C=O) groups excluding carboxylic acids is 1. The largest absolute Gasteiger partial charge is 0.465 e. The lowest BCUT2D eigenvalue weighted by Gasteiger charge is -2.35. The number of allylic oxidation sites excluding steroid dienone is 2. The molecule has 1 aliphatic heterocycles. The van der Waals surface area contributed by atoms with Crippen molar-refractivity contribution in [1.29, 1.82) is 0 Å². The Morgan fingerprint density at radius 2 is 2.10 bits per heavy atom. The van der Waals surface area contributed by atoms with Gasteiger partial charge in [-0.25, -0.2) is 4.79 Å². The average molecular weight is 284 g/mol. The molecule has 0 spiro atoms. The van der Waals surface area contributed by atoms with E-state index < -0.39 is 0 Å². The van der Waals surface area contributed by atoms with Crippen molar-refractivity contribution in [2.75, 3.05) is 7.11 Å². The van der Waals surface area contributed by atoms with Crippen molar-refractivity contribution in [3.8, 4) is 0 Å². The molecule has 1 aliphatic rings. The highest BCUT2D eigenvalue weighted by Gasteiger charge is 2.21. The molecule has 2 atom stereocenters. The minimum absolute atomic E-state index is 0.0494. The van der Waals surface area contributed by atoms with E-state index in [-0.39, 0.29) is 18.2 Å². The van der Waals surface area contributed by atoms with E-state index in [4.69, 9.17) is 10.5 Å². The zero-order valence-corrected chi connectivity index (χ0v) is 12.3. The predicted molar refractivity (Wildman–Crippen MR) is 83.4 cm³/mol. The van der Waals surface area contributed by atoms with Gasteiger partial charge in [0.15, 0.2) is 0 Å². The molecule has 1 aromatic rings. The van der Waals surface area contributed by atoms with Gasteiger partial charge in [-0.2, -0.15) is 0 Å². The molecule has 1 heterocycles. The molecule has 0 bridgehead atoms. The first-order chi connectivity index (χ1) is 10.1. The summed E-state index contributed by atoms with van der Waals surface area (Å²) in [5.74, 6) is -0.343. The van der Waals surface area contributed by atoms with Crippen LogP contribution in [0, 0.1) is 0 Å². The van der Waals surface area contributed by atoms with Crippen LogP contribution in [0.15, 0.2) is 60.8 Å². The Morgan fingerprint density at radius 1 is 1.43 bits per heavy atom. The summed E-state index contributed by atoms with van der Waals surface area (Å²) in [5, 5.41) is 0. The van der Waals surface area contributed by atoms with Crippen molar-refractivity contribution in [1.82, 2.24) is 4.90 Å². The number of ether oxygens (including phenoxy) is 1. The maximum atomic E-state index is 11.5. The summed E-state index contributed by atoms with van der Waals surface area (Å²) in [6.45, 7) is 5.93. The van der Waals surface area contributed by atoms with E-state index in [0.29, 0.717) is 5.56 Å². The van der Waals surface area contributed by atoms with Gasteiger partial charge in [-0.3, -0.25) is 0 Å². The summed E-state index contributed by atoms with van der Waals surface area (Å²) in [4.78, 5) is 13.5. The van der Waals surface area contributed by atoms with Gasteiger partial charge in [0.05, 0.1) is 24.9 Å². The number of hydrogen-bond acceptors (Lipinski definition) is 4. The molecule has 2 unspecified atom stereocenters. The van der Waals surface area contributed by atoms with Gasteiger partial charge in [0.1, 0.15) is 0 Å². The van der Waals surface area contributed by atoms with E-state index in [9.17, 15) is 4.79 Å². The average Bonchev–Trinajstić information content (AvgIpc) is 2.51. The minimum Gasteiger partial charge on any atom is -0.465 e. The number of carbonyl (C=O) groups is 1. The van der Waals surface area contributed by atoms with Gasteiger partial charge >= 0.3 is 5.97 Å². The molecule has 110 valence electrons. The van der Waals surface area contributed by atoms with Crippen LogP contribution in [-0.2, 0) is 4.74 Å². The number of methoxy groups -OCH3 is 1. The number of esters is 1. The second-order valence-electron chi connectivity index (χ2n) is 4.96. The van der Waals surface area contributed by atoms with Crippen molar-refractivity contribution in [2.45, 2.75) is 19.1 Å². The topological polar surface area (TPSA) is 55.6 Å². The maximum Gasteiger partial charge on any atom is 0.337 e. The highest BCUT2D eigenvalue weighted by Crippen LogP contribution is 2.27. The van der Waals surface area contributed by atoms with Gasteiger partial charge in [-0.1, -0.05) is 24.3 Å². The van der Waals surface area contributed by atoms with Gasteiger partial charge in [-0.05, 0) is 36.3 Å². The third-order valence-electron chi connectivity index (χ3n) is 3.47. The number of hydrogen-bond donors (Lipinski definition) is 1. The van der Waals surface area contributed by atoms with E-state index in [0.717, 1.165) is 11.1 Å². The predicted octanol–water partition coefficient (Wildman–Crippen LogP) is 2.76. The summed E-state index contributed by atoms with van der Waals surface area (Å²) >= 11 is 0. The molecule has 4 heteroatoms. The fourth-order valence-electron chi connectivity index (χ4n) is 2.34. The zero-order chi connectivity index (χ0) is 15.4. The van der Waals surface area contributed by atoms with E-state index >= 15 is 0 Å². The molecule has 0 radical (unpaired) electrons. The van der Waals surface area contributed by atoms with Gasteiger partial charge in [0.25, 0.3) is 0 Å². The van der Waals surface area contributed by atoms with Crippen LogP contribution < -0.4 is 5.73 Å². The Kier molecular flexibility index (Phi) is 4.60. The summed E-state index contributed by atoms with van der Waals surface area (Å²) in [7, 11) is 1.37. The van der Waals surface area contributed by atoms with E-state index in [1.807, 2.05) is 48.4 Å². The molecule has 0 fully saturated rings. The first-order valence-electron chi connectivity index (χ1n) is 6.77. The molecule has 0 saturated heterocycles. The Hall–Kier alpha value is -2.33.